The molecule has 0 aromatic heterocycles. The molecular weight excluding hydrogens is 552 g/mol. The molecule has 2 aromatic carbocycles. The Bertz CT molecular complexity index is 1350. The number of carbonyl (C=O) groups is 3. The van der Waals surface area contributed by atoms with Gasteiger partial charge in [-0.1, -0.05) is 79.4 Å². The molecule has 3 aliphatic heterocycles. The molecule has 1 spiro atoms. The van der Waals surface area contributed by atoms with Crippen molar-refractivity contribution in [3.8, 4) is 0 Å². The molecule has 2 aromatic rings. The Labute approximate surface area is 252 Å². The third kappa shape index (κ3) is 5.60. The first-order valence-corrected chi connectivity index (χ1v) is 15.5. The summed E-state index contributed by atoms with van der Waals surface area (Å²) >= 11 is 6.14. The first kappa shape index (κ1) is 28.9. The molecule has 3 amide bonds. The SMILES string of the molecule is CN(CCCN1C(=O)[C@H]2[C@H](C(=O)Nc3cccc(Cl)c3)[C@H]3C=C[C@@]2(O3)[C@@H]1C(=O)NC1CCCCC1)Cc1ccccc1. The molecule has 42 heavy (non-hydrogen) atoms. The standard InChI is InChI=1S/C33H39ClN4O4/c1-37(21-22-10-4-2-5-11-22)18-9-19-38-29(31(40)35-24-13-6-3-7-14-24)33-17-16-26(42-33)27(28(33)32(38)41)30(39)36-25-15-8-12-23(34)20-25/h2,4-5,8,10-12,15-17,20,24,26-29H,3,6-7,9,13-14,18-19,21H2,1H3,(H,35,40)(H,36,39)/t26-,27-,28-,29+,33+/m1/s1. The maximum Gasteiger partial charge on any atom is 0.246 e. The maximum absolute atomic E-state index is 14.2. The molecule has 8 nitrogen and oxygen atoms in total. The second kappa shape index (κ2) is 12.2. The van der Waals surface area contributed by atoms with Crippen LogP contribution in [0.15, 0.2) is 66.7 Å². The van der Waals surface area contributed by atoms with Crippen LogP contribution in [0.3, 0.4) is 0 Å². The zero-order valence-corrected chi connectivity index (χ0v) is 24.8. The van der Waals surface area contributed by atoms with Crippen molar-refractivity contribution in [2.24, 2.45) is 11.8 Å². The van der Waals surface area contributed by atoms with Gasteiger partial charge in [0.05, 0.1) is 17.9 Å². The van der Waals surface area contributed by atoms with E-state index in [2.05, 4.69) is 34.7 Å². The number of rotatable bonds is 10. The van der Waals surface area contributed by atoms with E-state index < -0.39 is 29.6 Å². The van der Waals surface area contributed by atoms with E-state index >= 15 is 0 Å². The molecule has 222 valence electrons. The zero-order chi connectivity index (χ0) is 29.3. The van der Waals surface area contributed by atoms with Crippen LogP contribution in [-0.2, 0) is 25.7 Å². The second-order valence-electron chi connectivity index (χ2n) is 12.2. The summed E-state index contributed by atoms with van der Waals surface area (Å²) in [5, 5.41) is 6.69. The first-order valence-electron chi connectivity index (χ1n) is 15.1. The van der Waals surface area contributed by atoms with E-state index in [9.17, 15) is 14.4 Å². The van der Waals surface area contributed by atoms with Crippen LogP contribution in [-0.4, -0.2) is 71.4 Å². The Hall–Kier alpha value is -3.20. The molecule has 6 rings (SSSR count). The number of carbonyl (C=O) groups excluding carboxylic acids is 3. The van der Waals surface area contributed by atoms with E-state index in [-0.39, 0.29) is 23.8 Å². The minimum atomic E-state index is -1.16. The minimum absolute atomic E-state index is 0.0974. The Morgan fingerprint density at radius 3 is 2.62 bits per heavy atom. The van der Waals surface area contributed by atoms with Crippen LogP contribution < -0.4 is 10.6 Å². The second-order valence-corrected chi connectivity index (χ2v) is 12.6. The van der Waals surface area contributed by atoms with Crippen molar-refractivity contribution in [2.45, 2.75) is 68.9 Å². The van der Waals surface area contributed by atoms with Crippen molar-refractivity contribution in [2.75, 3.05) is 25.5 Å². The average molecular weight is 591 g/mol. The van der Waals surface area contributed by atoms with Crippen LogP contribution in [0.25, 0.3) is 0 Å². The molecule has 9 heteroatoms. The van der Waals surface area contributed by atoms with Crippen LogP contribution in [0.5, 0.6) is 0 Å². The van der Waals surface area contributed by atoms with E-state index in [4.69, 9.17) is 16.3 Å². The van der Waals surface area contributed by atoms with Gasteiger partial charge in [-0.15, -0.1) is 0 Å². The van der Waals surface area contributed by atoms with Crippen molar-refractivity contribution in [1.29, 1.82) is 0 Å². The van der Waals surface area contributed by atoms with Gasteiger partial charge in [-0.05, 0) is 56.6 Å². The summed E-state index contributed by atoms with van der Waals surface area (Å²) in [6.45, 7) is 1.96. The van der Waals surface area contributed by atoms with Gasteiger partial charge in [0.2, 0.25) is 17.7 Å². The normalized spacial score (nSPS) is 28.4. The lowest BCUT2D eigenvalue weighted by Crippen LogP contribution is -2.56. The van der Waals surface area contributed by atoms with Gasteiger partial charge in [0.25, 0.3) is 0 Å². The number of hydrogen-bond donors (Lipinski definition) is 2. The summed E-state index contributed by atoms with van der Waals surface area (Å²) < 4.78 is 6.48. The lowest BCUT2D eigenvalue weighted by Gasteiger charge is -2.34. The third-order valence-electron chi connectivity index (χ3n) is 9.20. The van der Waals surface area contributed by atoms with Crippen LogP contribution >= 0.6 is 11.6 Å². The summed E-state index contributed by atoms with van der Waals surface area (Å²) in [4.78, 5) is 45.7. The lowest BCUT2D eigenvalue weighted by atomic mass is 9.74. The minimum Gasteiger partial charge on any atom is -0.359 e. The predicted molar refractivity (Wildman–Crippen MR) is 162 cm³/mol. The van der Waals surface area contributed by atoms with Crippen LogP contribution in [0.1, 0.15) is 44.1 Å². The summed E-state index contributed by atoms with van der Waals surface area (Å²) in [5.74, 6) is -2.19. The topological polar surface area (TPSA) is 91.0 Å². The van der Waals surface area contributed by atoms with Crippen molar-refractivity contribution in [3.05, 3.63) is 77.3 Å². The summed E-state index contributed by atoms with van der Waals surface area (Å²) in [6.07, 6.45) is 9.09. The fourth-order valence-electron chi connectivity index (χ4n) is 7.31. The highest BCUT2D eigenvalue weighted by atomic mass is 35.5. The molecule has 3 heterocycles. The number of ether oxygens (including phenoxy) is 1. The Kier molecular flexibility index (Phi) is 8.39. The number of halogens is 1. The average Bonchev–Trinajstić information content (AvgIpc) is 3.61. The number of amides is 3. The molecule has 4 aliphatic rings. The quantitative estimate of drug-likeness (QED) is 0.400. The van der Waals surface area contributed by atoms with Crippen molar-refractivity contribution < 1.29 is 19.1 Å². The van der Waals surface area contributed by atoms with Gasteiger partial charge in [0.15, 0.2) is 0 Å². The van der Waals surface area contributed by atoms with E-state index in [0.29, 0.717) is 23.7 Å². The number of nitrogens with one attached hydrogen (secondary N) is 2. The number of anilines is 1. The fraction of sp³-hybridized carbons (Fsp3) is 0.485. The van der Waals surface area contributed by atoms with Gasteiger partial charge in [-0.2, -0.15) is 0 Å². The van der Waals surface area contributed by atoms with E-state index in [0.717, 1.165) is 38.8 Å². The highest BCUT2D eigenvalue weighted by Gasteiger charge is 2.72. The zero-order valence-electron chi connectivity index (χ0n) is 24.0. The van der Waals surface area contributed by atoms with Crippen molar-refractivity contribution >= 4 is 35.0 Å². The van der Waals surface area contributed by atoms with Crippen LogP contribution in [0.4, 0.5) is 5.69 Å². The molecular formula is C33H39ClN4O4. The monoisotopic (exact) mass is 590 g/mol. The highest BCUT2D eigenvalue weighted by Crippen LogP contribution is 2.55. The highest BCUT2D eigenvalue weighted by molar-refractivity contribution is 6.30. The van der Waals surface area contributed by atoms with Gasteiger partial charge in [-0.25, -0.2) is 0 Å². The summed E-state index contributed by atoms with van der Waals surface area (Å²) in [5.41, 5.74) is 0.621. The van der Waals surface area contributed by atoms with Gasteiger partial charge in [0.1, 0.15) is 11.6 Å². The molecule has 0 unspecified atom stereocenters. The van der Waals surface area contributed by atoms with Crippen molar-refractivity contribution in [1.82, 2.24) is 15.1 Å². The molecule has 1 saturated carbocycles. The van der Waals surface area contributed by atoms with Crippen molar-refractivity contribution in [3.63, 3.8) is 0 Å². The number of likely N-dealkylation sites (tertiary alicyclic amines) is 1. The van der Waals surface area contributed by atoms with E-state index in [1.165, 1.54) is 12.0 Å². The lowest BCUT2D eigenvalue weighted by molar-refractivity contribution is -0.141. The van der Waals surface area contributed by atoms with Gasteiger partial charge in [0, 0.05) is 29.8 Å². The molecule has 2 bridgehead atoms. The predicted octanol–water partition coefficient (Wildman–Crippen LogP) is 4.40. The number of benzene rings is 2. The Morgan fingerprint density at radius 2 is 1.86 bits per heavy atom. The van der Waals surface area contributed by atoms with E-state index in [1.807, 2.05) is 30.4 Å². The van der Waals surface area contributed by atoms with Gasteiger partial charge >= 0.3 is 0 Å². The largest absolute Gasteiger partial charge is 0.359 e. The Morgan fingerprint density at radius 1 is 1.07 bits per heavy atom. The van der Waals surface area contributed by atoms with Crippen LogP contribution in [0.2, 0.25) is 5.02 Å². The van der Waals surface area contributed by atoms with Crippen LogP contribution in [0, 0.1) is 11.8 Å². The third-order valence-corrected chi connectivity index (χ3v) is 9.44. The first-order chi connectivity index (χ1) is 20.4. The fourth-order valence-corrected chi connectivity index (χ4v) is 7.50. The molecule has 3 fully saturated rings. The number of hydrogen-bond acceptors (Lipinski definition) is 5. The van der Waals surface area contributed by atoms with Gasteiger partial charge in [-0.3, -0.25) is 14.4 Å². The maximum atomic E-state index is 14.2. The smallest absolute Gasteiger partial charge is 0.246 e. The molecule has 2 saturated heterocycles. The molecule has 5 atom stereocenters. The summed E-state index contributed by atoms with van der Waals surface area (Å²) in [7, 11) is 2.06. The molecule has 1 aliphatic carbocycles. The molecule has 0 radical (unpaired) electrons. The number of fused-ring (bicyclic) bond motifs is 1. The summed E-state index contributed by atoms with van der Waals surface area (Å²) in [6, 6.07) is 16.5. The van der Waals surface area contributed by atoms with Gasteiger partial charge < -0.3 is 25.2 Å². The Balaban J connectivity index is 1.21. The van der Waals surface area contributed by atoms with E-state index in [1.54, 1.807) is 29.2 Å². The molecule has 2 N–H and O–H groups in total. The number of nitrogens with zero attached hydrogens (tertiary/aromatic N) is 2.